The maximum Gasteiger partial charge on any atom is 0.222 e. The number of amides is 1. The highest BCUT2D eigenvalue weighted by Gasteiger charge is 2.27. The smallest absolute Gasteiger partial charge is 0.222 e. The molecule has 70 valence electrons. The van der Waals surface area contributed by atoms with Crippen molar-refractivity contribution < 1.29 is 4.79 Å². The summed E-state index contributed by atoms with van der Waals surface area (Å²) in [5, 5.41) is 2.93. The highest BCUT2D eigenvalue weighted by Crippen LogP contribution is 2.24. The van der Waals surface area contributed by atoms with Gasteiger partial charge in [-0.1, -0.05) is 0 Å². The molecule has 5 heteroatoms. The minimum Gasteiger partial charge on any atom is -0.369 e. The van der Waals surface area contributed by atoms with Crippen LogP contribution in [0.25, 0.3) is 0 Å². The van der Waals surface area contributed by atoms with E-state index in [1.54, 1.807) is 17.5 Å². The fourth-order valence-electron chi connectivity index (χ4n) is 1.54. The lowest BCUT2D eigenvalue weighted by molar-refractivity contribution is -0.121. The summed E-state index contributed by atoms with van der Waals surface area (Å²) >= 11 is 1.60. The fourth-order valence-corrected chi connectivity index (χ4v) is 2.22. The Labute approximate surface area is 80.4 Å². The SMILES string of the molecule is NC(=O)C1CCN(c2nccs2)C1. The monoisotopic (exact) mass is 197 g/mol. The summed E-state index contributed by atoms with van der Waals surface area (Å²) in [4.78, 5) is 17.2. The maximum atomic E-state index is 10.9. The molecule has 0 saturated carbocycles. The zero-order valence-electron chi connectivity index (χ0n) is 7.14. The van der Waals surface area contributed by atoms with Gasteiger partial charge in [-0.15, -0.1) is 11.3 Å². The Hall–Kier alpha value is -1.10. The molecule has 2 N–H and O–H groups in total. The van der Waals surface area contributed by atoms with Gasteiger partial charge in [0.25, 0.3) is 0 Å². The van der Waals surface area contributed by atoms with Crippen molar-refractivity contribution in [2.45, 2.75) is 6.42 Å². The lowest BCUT2D eigenvalue weighted by Crippen LogP contribution is -2.27. The number of aromatic nitrogens is 1. The second-order valence-corrected chi connectivity index (χ2v) is 4.02. The van der Waals surface area contributed by atoms with Crippen molar-refractivity contribution in [3.05, 3.63) is 11.6 Å². The number of primary amides is 1. The van der Waals surface area contributed by atoms with Gasteiger partial charge in [-0.25, -0.2) is 4.98 Å². The standard InChI is InChI=1S/C8H11N3OS/c9-7(12)6-1-3-11(5-6)8-10-2-4-13-8/h2,4,6H,1,3,5H2,(H2,9,12). The molecule has 13 heavy (non-hydrogen) atoms. The van der Waals surface area contributed by atoms with Gasteiger partial charge in [0, 0.05) is 24.7 Å². The number of carbonyl (C=O) groups is 1. The molecule has 0 spiro atoms. The Balaban J connectivity index is 2.03. The van der Waals surface area contributed by atoms with E-state index in [-0.39, 0.29) is 11.8 Å². The van der Waals surface area contributed by atoms with Gasteiger partial charge in [-0.2, -0.15) is 0 Å². The topological polar surface area (TPSA) is 59.2 Å². The van der Waals surface area contributed by atoms with Crippen molar-refractivity contribution in [2.24, 2.45) is 11.7 Å². The van der Waals surface area contributed by atoms with Gasteiger partial charge in [-0.05, 0) is 6.42 Å². The molecule has 1 aliphatic heterocycles. The van der Waals surface area contributed by atoms with Crippen molar-refractivity contribution >= 4 is 22.4 Å². The molecule has 0 aromatic carbocycles. The third-order valence-corrected chi connectivity index (χ3v) is 3.11. The quantitative estimate of drug-likeness (QED) is 0.749. The molecule has 2 heterocycles. The van der Waals surface area contributed by atoms with Crippen molar-refractivity contribution in [3.63, 3.8) is 0 Å². The van der Waals surface area contributed by atoms with Crippen LogP contribution in [-0.4, -0.2) is 24.0 Å². The predicted molar refractivity (Wildman–Crippen MR) is 51.6 cm³/mol. The molecule has 4 nitrogen and oxygen atoms in total. The van der Waals surface area contributed by atoms with Crippen LogP contribution in [0.1, 0.15) is 6.42 Å². The van der Waals surface area contributed by atoms with Crippen molar-refractivity contribution in [2.75, 3.05) is 18.0 Å². The van der Waals surface area contributed by atoms with Crippen LogP contribution in [0.4, 0.5) is 5.13 Å². The van der Waals surface area contributed by atoms with E-state index in [9.17, 15) is 4.79 Å². The Morgan fingerprint density at radius 1 is 1.77 bits per heavy atom. The highest BCUT2D eigenvalue weighted by atomic mass is 32.1. The third kappa shape index (κ3) is 1.65. The predicted octanol–water partition coefficient (Wildman–Crippen LogP) is 0.455. The average Bonchev–Trinajstić information content (AvgIpc) is 2.75. The summed E-state index contributed by atoms with van der Waals surface area (Å²) in [5.74, 6) is -0.192. The first-order valence-corrected chi connectivity index (χ1v) is 5.09. The molecule has 0 radical (unpaired) electrons. The van der Waals surface area contributed by atoms with E-state index in [1.807, 2.05) is 5.38 Å². The Morgan fingerprint density at radius 3 is 3.15 bits per heavy atom. The van der Waals surface area contributed by atoms with Crippen molar-refractivity contribution in [1.82, 2.24) is 4.98 Å². The molecule has 1 fully saturated rings. The number of rotatable bonds is 2. The van der Waals surface area contributed by atoms with Crippen LogP contribution in [-0.2, 0) is 4.79 Å². The Bertz CT molecular complexity index is 298. The summed E-state index contributed by atoms with van der Waals surface area (Å²) in [6.07, 6.45) is 2.63. The zero-order valence-corrected chi connectivity index (χ0v) is 7.96. The summed E-state index contributed by atoms with van der Waals surface area (Å²) in [6.45, 7) is 1.62. The third-order valence-electron chi connectivity index (χ3n) is 2.28. The minimum absolute atomic E-state index is 0.00361. The van der Waals surface area contributed by atoms with Crippen LogP contribution in [0.15, 0.2) is 11.6 Å². The van der Waals surface area contributed by atoms with Gasteiger partial charge in [0.05, 0.1) is 5.92 Å². The van der Waals surface area contributed by atoms with Crippen LogP contribution in [0.3, 0.4) is 0 Å². The van der Waals surface area contributed by atoms with Crippen molar-refractivity contribution in [1.29, 1.82) is 0 Å². The number of hydrogen-bond acceptors (Lipinski definition) is 4. The molecule has 1 atom stereocenters. The van der Waals surface area contributed by atoms with Crippen molar-refractivity contribution in [3.8, 4) is 0 Å². The first kappa shape index (κ1) is 8.50. The number of nitrogens with zero attached hydrogens (tertiary/aromatic N) is 2. The van der Waals surface area contributed by atoms with Crippen LogP contribution in [0.5, 0.6) is 0 Å². The fraction of sp³-hybridized carbons (Fsp3) is 0.500. The Morgan fingerprint density at radius 2 is 2.62 bits per heavy atom. The van der Waals surface area contributed by atoms with Crippen LogP contribution < -0.4 is 10.6 Å². The first-order chi connectivity index (χ1) is 6.27. The first-order valence-electron chi connectivity index (χ1n) is 4.21. The summed E-state index contributed by atoms with van der Waals surface area (Å²) in [6, 6.07) is 0. The van der Waals surface area contributed by atoms with Gasteiger partial charge < -0.3 is 10.6 Å². The largest absolute Gasteiger partial charge is 0.369 e. The van der Waals surface area contributed by atoms with Crippen LogP contribution >= 0.6 is 11.3 Å². The minimum atomic E-state index is -0.195. The zero-order chi connectivity index (χ0) is 9.26. The van der Waals surface area contributed by atoms with Gasteiger partial charge >= 0.3 is 0 Å². The molecular weight excluding hydrogens is 186 g/mol. The Kier molecular flexibility index (Phi) is 2.18. The lowest BCUT2D eigenvalue weighted by atomic mass is 10.1. The molecule has 2 rings (SSSR count). The molecular formula is C8H11N3OS. The van der Waals surface area contributed by atoms with E-state index in [4.69, 9.17) is 5.73 Å². The molecule has 1 aromatic heterocycles. The second-order valence-electron chi connectivity index (χ2n) is 3.15. The number of hydrogen-bond donors (Lipinski definition) is 1. The van der Waals surface area contributed by atoms with Crippen LogP contribution in [0, 0.1) is 5.92 Å². The van der Waals surface area contributed by atoms with Gasteiger partial charge in [-0.3, -0.25) is 4.79 Å². The van der Waals surface area contributed by atoms with Gasteiger partial charge in [0.2, 0.25) is 5.91 Å². The van der Waals surface area contributed by atoms with E-state index < -0.39 is 0 Å². The number of thiazole rings is 1. The molecule has 1 unspecified atom stereocenters. The van der Waals surface area contributed by atoms with E-state index in [0.29, 0.717) is 0 Å². The van der Waals surface area contributed by atoms with Crippen LogP contribution in [0.2, 0.25) is 0 Å². The molecule has 1 aromatic rings. The van der Waals surface area contributed by atoms with E-state index in [1.165, 1.54) is 0 Å². The average molecular weight is 197 g/mol. The maximum absolute atomic E-state index is 10.9. The van der Waals surface area contributed by atoms with Gasteiger partial charge in [0.1, 0.15) is 0 Å². The van der Waals surface area contributed by atoms with Gasteiger partial charge in [0.15, 0.2) is 5.13 Å². The normalized spacial score (nSPS) is 22.2. The summed E-state index contributed by atoms with van der Waals surface area (Å²) < 4.78 is 0. The summed E-state index contributed by atoms with van der Waals surface area (Å²) in [5.41, 5.74) is 5.23. The molecule has 0 aliphatic carbocycles. The second kappa shape index (κ2) is 3.33. The number of anilines is 1. The molecule has 0 bridgehead atoms. The number of nitrogens with two attached hydrogens (primary N) is 1. The van der Waals surface area contributed by atoms with E-state index >= 15 is 0 Å². The molecule has 1 amide bonds. The van der Waals surface area contributed by atoms with E-state index in [0.717, 1.165) is 24.6 Å². The molecule has 1 saturated heterocycles. The molecule has 1 aliphatic rings. The lowest BCUT2D eigenvalue weighted by Gasteiger charge is -2.13. The summed E-state index contributed by atoms with van der Waals surface area (Å²) in [7, 11) is 0. The van der Waals surface area contributed by atoms with E-state index in [2.05, 4.69) is 9.88 Å². The number of carbonyl (C=O) groups excluding carboxylic acids is 1. The highest BCUT2D eigenvalue weighted by molar-refractivity contribution is 7.13.